The van der Waals surface area contributed by atoms with E-state index in [1.807, 2.05) is 13.0 Å². The molecule has 0 saturated heterocycles. The number of benzene rings is 1. The third-order valence-electron chi connectivity index (χ3n) is 2.40. The Morgan fingerprint density at radius 1 is 1.42 bits per heavy atom. The predicted octanol–water partition coefficient (Wildman–Crippen LogP) is 4.00. The van der Waals surface area contributed by atoms with Crippen LogP contribution in [0.5, 0.6) is 11.6 Å². The van der Waals surface area contributed by atoms with Gasteiger partial charge in [0, 0.05) is 16.2 Å². The standard InChI is InChI=1S/C13H9BrIN3O/c1-7-2-9(14)6-18-13(7)19-12-10(15)3-8(5-16)4-11(12)17/h2-4,6H,17H2,1H3. The number of nitriles is 1. The topological polar surface area (TPSA) is 71.9 Å². The molecule has 0 aliphatic carbocycles. The van der Waals surface area contributed by atoms with Gasteiger partial charge in [0.05, 0.1) is 20.9 Å². The van der Waals surface area contributed by atoms with Crippen molar-refractivity contribution >= 4 is 44.2 Å². The van der Waals surface area contributed by atoms with E-state index in [0.29, 0.717) is 22.9 Å². The van der Waals surface area contributed by atoms with E-state index in [9.17, 15) is 0 Å². The maximum absolute atomic E-state index is 8.87. The number of hydrogen-bond acceptors (Lipinski definition) is 4. The van der Waals surface area contributed by atoms with E-state index in [2.05, 4.69) is 49.6 Å². The van der Waals surface area contributed by atoms with Crippen LogP contribution in [0.25, 0.3) is 0 Å². The molecule has 0 bridgehead atoms. The first-order valence-electron chi connectivity index (χ1n) is 5.30. The van der Waals surface area contributed by atoms with Crippen LogP contribution in [-0.4, -0.2) is 4.98 Å². The van der Waals surface area contributed by atoms with Gasteiger partial charge >= 0.3 is 0 Å². The molecule has 0 saturated carbocycles. The van der Waals surface area contributed by atoms with Gasteiger partial charge in [0.1, 0.15) is 0 Å². The van der Waals surface area contributed by atoms with Gasteiger partial charge in [-0.25, -0.2) is 4.98 Å². The Labute approximate surface area is 132 Å². The largest absolute Gasteiger partial charge is 0.435 e. The summed E-state index contributed by atoms with van der Waals surface area (Å²) in [4.78, 5) is 4.20. The highest BCUT2D eigenvalue weighted by Gasteiger charge is 2.12. The SMILES string of the molecule is Cc1cc(Br)cnc1Oc1c(N)cc(C#N)cc1I. The Morgan fingerprint density at radius 2 is 2.16 bits per heavy atom. The molecule has 0 fully saturated rings. The molecule has 1 aromatic heterocycles. The smallest absolute Gasteiger partial charge is 0.222 e. The van der Waals surface area contributed by atoms with Crippen molar-refractivity contribution in [1.29, 1.82) is 5.26 Å². The molecule has 0 unspecified atom stereocenters. The lowest BCUT2D eigenvalue weighted by Crippen LogP contribution is -1.98. The molecule has 1 aromatic carbocycles. The quantitative estimate of drug-likeness (QED) is 0.578. The fourth-order valence-corrected chi connectivity index (χ4v) is 2.72. The van der Waals surface area contributed by atoms with Crippen molar-refractivity contribution in [2.24, 2.45) is 0 Å². The summed E-state index contributed by atoms with van der Waals surface area (Å²) in [6.45, 7) is 1.90. The Balaban J connectivity index is 2.41. The first-order valence-corrected chi connectivity index (χ1v) is 7.17. The summed E-state index contributed by atoms with van der Waals surface area (Å²) in [5.74, 6) is 1.02. The summed E-state index contributed by atoms with van der Waals surface area (Å²) >= 11 is 5.44. The number of pyridine rings is 1. The minimum Gasteiger partial charge on any atom is -0.435 e. The molecule has 4 nitrogen and oxygen atoms in total. The van der Waals surface area contributed by atoms with Crippen LogP contribution in [0.4, 0.5) is 5.69 Å². The second kappa shape index (κ2) is 5.75. The molecular weight excluding hydrogens is 421 g/mol. The summed E-state index contributed by atoms with van der Waals surface area (Å²) in [5.41, 5.74) is 7.74. The van der Waals surface area contributed by atoms with E-state index in [-0.39, 0.29) is 0 Å². The lowest BCUT2D eigenvalue weighted by molar-refractivity contribution is 0.458. The molecule has 0 amide bonds. The van der Waals surface area contributed by atoms with Crippen LogP contribution in [0.1, 0.15) is 11.1 Å². The van der Waals surface area contributed by atoms with Crippen molar-refractivity contribution in [2.45, 2.75) is 6.92 Å². The van der Waals surface area contributed by atoms with Gasteiger partial charge in [0.15, 0.2) is 5.75 Å². The summed E-state index contributed by atoms with van der Waals surface area (Å²) in [7, 11) is 0. The van der Waals surface area contributed by atoms with Crippen molar-refractivity contribution in [2.75, 3.05) is 5.73 Å². The van der Waals surface area contributed by atoms with Crippen LogP contribution in [0.3, 0.4) is 0 Å². The van der Waals surface area contributed by atoms with Gasteiger partial charge < -0.3 is 10.5 Å². The van der Waals surface area contributed by atoms with Crippen LogP contribution in [0.2, 0.25) is 0 Å². The van der Waals surface area contributed by atoms with E-state index < -0.39 is 0 Å². The van der Waals surface area contributed by atoms with Crippen molar-refractivity contribution < 1.29 is 4.74 Å². The summed E-state index contributed by atoms with van der Waals surface area (Å²) < 4.78 is 7.42. The van der Waals surface area contributed by atoms with Gasteiger partial charge in [0.25, 0.3) is 0 Å². The average Bonchev–Trinajstić information content (AvgIpc) is 2.35. The highest BCUT2D eigenvalue weighted by atomic mass is 127. The second-order valence-electron chi connectivity index (χ2n) is 3.87. The highest BCUT2D eigenvalue weighted by Crippen LogP contribution is 2.34. The number of hydrogen-bond donors (Lipinski definition) is 1. The van der Waals surface area contributed by atoms with E-state index in [0.717, 1.165) is 13.6 Å². The number of halogens is 2. The lowest BCUT2D eigenvalue weighted by atomic mass is 10.2. The monoisotopic (exact) mass is 429 g/mol. The molecule has 96 valence electrons. The molecule has 2 aromatic rings. The van der Waals surface area contributed by atoms with Crippen LogP contribution >= 0.6 is 38.5 Å². The Morgan fingerprint density at radius 3 is 2.74 bits per heavy atom. The van der Waals surface area contributed by atoms with E-state index in [4.69, 9.17) is 15.7 Å². The van der Waals surface area contributed by atoms with Crippen molar-refractivity contribution in [1.82, 2.24) is 4.98 Å². The normalized spacial score (nSPS) is 10.0. The fourth-order valence-electron chi connectivity index (χ4n) is 1.52. The number of nitrogens with two attached hydrogens (primary N) is 1. The molecule has 0 aliphatic rings. The maximum atomic E-state index is 8.87. The number of anilines is 1. The Bertz CT molecular complexity index is 659. The molecule has 1 heterocycles. The molecule has 19 heavy (non-hydrogen) atoms. The zero-order chi connectivity index (χ0) is 14.0. The van der Waals surface area contributed by atoms with Gasteiger partial charge in [-0.15, -0.1) is 0 Å². The molecular formula is C13H9BrIN3O. The predicted molar refractivity (Wildman–Crippen MR) is 85.0 cm³/mol. The molecule has 2 N–H and O–H groups in total. The zero-order valence-electron chi connectivity index (χ0n) is 9.95. The van der Waals surface area contributed by atoms with Crippen molar-refractivity contribution in [3.8, 4) is 17.7 Å². The molecule has 6 heteroatoms. The highest BCUT2D eigenvalue weighted by molar-refractivity contribution is 14.1. The maximum Gasteiger partial charge on any atom is 0.222 e. The van der Waals surface area contributed by atoms with E-state index in [1.54, 1.807) is 18.3 Å². The molecule has 0 atom stereocenters. The van der Waals surface area contributed by atoms with Crippen LogP contribution < -0.4 is 10.5 Å². The van der Waals surface area contributed by atoms with E-state index in [1.165, 1.54) is 0 Å². The minimum atomic E-state index is 0.424. The minimum absolute atomic E-state index is 0.424. The van der Waals surface area contributed by atoms with Gasteiger partial charge in [-0.1, -0.05) is 0 Å². The summed E-state index contributed by atoms with van der Waals surface area (Å²) in [6, 6.07) is 7.28. The molecule has 0 spiro atoms. The number of aromatic nitrogens is 1. The van der Waals surface area contributed by atoms with Gasteiger partial charge in [0.2, 0.25) is 5.88 Å². The van der Waals surface area contributed by atoms with Crippen LogP contribution in [0.15, 0.2) is 28.9 Å². The first kappa shape index (κ1) is 14.1. The Kier molecular flexibility index (Phi) is 4.27. The third-order valence-corrected chi connectivity index (χ3v) is 3.63. The number of nitrogen functional groups attached to an aromatic ring is 1. The molecule has 0 radical (unpaired) electrons. The van der Waals surface area contributed by atoms with E-state index >= 15 is 0 Å². The first-order chi connectivity index (χ1) is 9.01. The number of ether oxygens (including phenoxy) is 1. The van der Waals surface area contributed by atoms with Crippen LogP contribution in [0, 0.1) is 21.8 Å². The third kappa shape index (κ3) is 3.16. The number of rotatable bonds is 2. The number of aryl methyl sites for hydroxylation is 1. The lowest BCUT2D eigenvalue weighted by Gasteiger charge is -2.12. The van der Waals surface area contributed by atoms with Gasteiger partial charge in [-0.3, -0.25) is 0 Å². The van der Waals surface area contributed by atoms with Crippen molar-refractivity contribution in [3.05, 3.63) is 43.6 Å². The molecule has 2 rings (SSSR count). The summed E-state index contributed by atoms with van der Waals surface area (Å²) in [6.07, 6.45) is 1.66. The Hall–Kier alpha value is -1.33. The van der Waals surface area contributed by atoms with Crippen LogP contribution in [-0.2, 0) is 0 Å². The zero-order valence-corrected chi connectivity index (χ0v) is 13.7. The van der Waals surface area contributed by atoms with Gasteiger partial charge in [-0.05, 0) is 63.6 Å². The molecule has 0 aliphatic heterocycles. The second-order valence-corrected chi connectivity index (χ2v) is 5.94. The number of nitrogens with zero attached hydrogens (tertiary/aromatic N) is 2. The van der Waals surface area contributed by atoms with Crippen molar-refractivity contribution in [3.63, 3.8) is 0 Å². The van der Waals surface area contributed by atoms with Gasteiger partial charge in [-0.2, -0.15) is 5.26 Å². The summed E-state index contributed by atoms with van der Waals surface area (Å²) in [5, 5.41) is 8.87. The fraction of sp³-hybridized carbons (Fsp3) is 0.0769. The average molecular weight is 430 g/mol.